The summed E-state index contributed by atoms with van der Waals surface area (Å²) in [5.41, 5.74) is 0.661. The van der Waals surface area contributed by atoms with Crippen LogP contribution in [-0.2, 0) is 0 Å². The molecule has 1 atom stereocenters. The van der Waals surface area contributed by atoms with Gasteiger partial charge in [0.1, 0.15) is 5.52 Å². The SMILES string of the molecule is CCC(CCO)NC(=O)Nc1ccc(OC(F)F)c2ncccc12. The third-order valence-electron chi connectivity index (χ3n) is 3.50. The number of urea groups is 1. The number of nitrogens with zero attached hydrogens (tertiary/aromatic N) is 1. The van der Waals surface area contributed by atoms with Crippen LogP contribution < -0.4 is 15.4 Å². The van der Waals surface area contributed by atoms with Gasteiger partial charge in [-0.2, -0.15) is 8.78 Å². The van der Waals surface area contributed by atoms with Gasteiger partial charge in [-0.15, -0.1) is 0 Å². The number of halogens is 2. The highest BCUT2D eigenvalue weighted by Gasteiger charge is 2.15. The maximum absolute atomic E-state index is 12.5. The van der Waals surface area contributed by atoms with Crippen LogP contribution >= 0.6 is 0 Å². The van der Waals surface area contributed by atoms with E-state index in [4.69, 9.17) is 5.11 Å². The minimum Gasteiger partial charge on any atom is -0.432 e. The highest BCUT2D eigenvalue weighted by Crippen LogP contribution is 2.30. The number of carbonyl (C=O) groups excluding carboxylic acids is 1. The number of carbonyl (C=O) groups is 1. The normalized spacial score (nSPS) is 12.2. The molecule has 2 rings (SSSR count). The third kappa shape index (κ3) is 4.51. The molecule has 0 fully saturated rings. The molecule has 0 spiro atoms. The topological polar surface area (TPSA) is 83.5 Å². The molecule has 24 heavy (non-hydrogen) atoms. The van der Waals surface area contributed by atoms with Crippen molar-refractivity contribution >= 4 is 22.6 Å². The first-order chi connectivity index (χ1) is 11.5. The van der Waals surface area contributed by atoms with Crippen molar-refractivity contribution in [2.24, 2.45) is 0 Å². The Morgan fingerprint density at radius 3 is 2.83 bits per heavy atom. The lowest BCUT2D eigenvalue weighted by molar-refractivity contribution is -0.0489. The maximum Gasteiger partial charge on any atom is 0.387 e. The summed E-state index contributed by atoms with van der Waals surface area (Å²) in [6.45, 7) is -1.08. The molecule has 1 aromatic heterocycles. The lowest BCUT2D eigenvalue weighted by Gasteiger charge is -2.17. The van der Waals surface area contributed by atoms with Crippen LogP contribution in [0.3, 0.4) is 0 Å². The molecule has 1 unspecified atom stereocenters. The molecule has 8 heteroatoms. The van der Waals surface area contributed by atoms with E-state index in [0.29, 0.717) is 23.9 Å². The molecule has 0 aliphatic rings. The average molecular weight is 339 g/mol. The summed E-state index contributed by atoms with van der Waals surface area (Å²) in [4.78, 5) is 16.1. The Labute approximate surface area is 137 Å². The Bertz CT molecular complexity index is 697. The smallest absolute Gasteiger partial charge is 0.387 e. The van der Waals surface area contributed by atoms with Gasteiger partial charge in [0, 0.05) is 24.2 Å². The number of nitrogens with one attached hydrogen (secondary N) is 2. The number of anilines is 1. The van der Waals surface area contributed by atoms with Gasteiger partial charge in [-0.1, -0.05) is 6.92 Å². The van der Waals surface area contributed by atoms with Crippen molar-refractivity contribution in [3.05, 3.63) is 30.5 Å². The fourth-order valence-electron chi connectivity index (χ4n) is 2.32. The molecular weight excluding hydrogens is 320 g/mol. The zero-order valence-electron chi connectivity index (χ0n) is 13.1. The van der Waals surface area contributed by atoms with Crippen LogP contribution in [0.25, 0.3) is 10.9 Å². The van der Waals surface area contributed by atoms with Crippen molar-refractivity contribution in [3.63, 3.8) is 0 Å². The number of amides is 2. The number of aromatic nitrogens is 1. The van der Waals surface area contributed by atoms with Gasteiger partial charge >= 0.3 is 12.6 Å². The average Bonchev–Trinajstić information content (AvgIpc) is 2.56. The standard InChI is InChI=1S/C16H19F2N3O3/c1-2-10(7-9-22)20-16(23)21-12-5-6-13(24-15(17)18)14-11(12)4-3-8-19-14/h3-6,8,10,15,22H,2,7,9H2,1H3,(H2,20,21,23). The number of ether oxygens (including phenoxy) is 1. The summed E-state index contributed by atoms with van der Waals surface area (Å²) in [5, 5.41) is 14.9. The zero-order valence-corrected chi connectivity index (χ0v) is 13.1. The predicted octanol–water partition coefficient (Wildman–Crippen LogP) is 3.12. The van der Waals surface area contributed by atoms with Crippen LogP contribution in [0.15, 0.2) is 30.5 Å². The van der Waals surface area contributed by atoms with Crippen molar-refractivity contribution in [2.45, 2.75) is 32.4 Å². The van der Waals surface area contributed by atoms with Crippen molar-refractivity contribution in [3.8, 4) is 5.75 Å². The molecule has 0 bridgehead atoms. The van der Waals surface area contributed by atoms with Gasteiger partial charge in [0.2, 0.25) is 0 Å². The van der Waals surface area contributed by atoms with E-state index >= 15 is 0 Å². The largest absolute Gasteiger partial charge is 0.432 e. The first kappa shape index (κ1) is 17.9. The number of benzene rings is 1. The number of aliphatic hydroxyl groups is 1. The molecule has 0 aliphatic heterocycles. The Morgan fingerprint density at radius 1 is 1.38 bits per heavy atom. The summed E-state index contributed by atoms with van der Waals surface area (Å²) in [6, 6.07) is 5.51. The zero-order chi connectivity index (χ0) is 17.5. The molecule has 2 amide bonds. The summed E-state index contributed by atoms with van der Waals surface area (Å²) < 4.78 is 29.4. The molecule has 1 heterocycles. The van der Waals surface area contributed by atoms with E-state index in [0.717, 1.165) is 0 Å². The number of pyridine rings is 1. The molecule has 0 saturated carbocycles. The highest BCUT2D eigenvalue weighted by molar-refractivity contribution is 6.02. The Kier molecular flexibility index (Phi) is 6.25. The fraction of sp³-hybridized carbons (Fsp3) is 0.375. The number of alkyl halides is 2. The van der Waals surface area contributed by atoms with Crippen molar-refractivity contribution in [1.82, 2.24) is 10.3 Å². The molecular formula is C16H19F2N3O3. The van der Waals surface area contributed by atoms with E-state index in [1.807, 2.05) is 6.92 Å². The van der Waals surface area contributed by atoms with E-state index in [-0.39, 0.29) is 23.9 Å². The van der Waals surface area contributed by atoms with Crippen LogP contribution in [0.2, 0.25) is 0 Å². The molecule has 0 aliphatic carbocycles. The van der Waals surface area contributed by atoms with Gasteiger partial charge < -0.3 is 20.5 Å². The van der Waals surface area contributed by atoms with E-state index in [9.17, 15) is 13.6 Å². The first-order valence-electron chi connectivity index (χ1n) is 7.56. The number of rotatable bonds is 7. The van der Waals surface area contributed by atoms with E-state index in [1.54, 1.807) is 12.1 Å². The van der Waals surface area contributed by atoms with Crippen molar-refractivity contribution in [2.75, 3.05) is 11.9 Å². The molecule has 130 valence electrons. The van der Waals surface area contributed by atoms with Gasteiger partial charge in [0.05, 0.1) is 5.69 Å². The lowest BCUT2D eigenvalue weighted by atomic mass is 10.1. The molecule has 6 nitrogen and oxygen atoms in total. The molecule has 2 aromatic rings. The van der Waals surface area contributed by atoms with E-state index < -0.39 is 12.6 Å². The van der Waals surface area contributed by atoms with Crippen LogP contribution in [0.1, 0.15) is 19.8 Å². The van der Waals surface area contributed by atoms with Gasteiger partial charge in [-0.3, -0.25) is 4.98 Å². The van der Waals surface area contributed by atoms with Gasteiger partial charge in [0.15, 0.2) is 5.75 Å². The molecule has 0 saturated heterocycles. The summed E-state index contributed by atoms with van der Waals surface area (Å²) in [5.74, 6) is -0.0572. The number of hydrogen-bond donors (Lipinski definition) is 3. The number of fused-ring (bicyclic) bond motifs is 1. The molecule has 1 aromatic carbocycles. The summed E-state index contributed by atoms with van der Waals surface area (Å²) in [7, 11) is 0. The van der Waals surface area contributed by atoms with Crippen LogP contribution in [0.5, 0.6) is 5.75 Å². The minimum absolute atomic E-state index is 0.0225. The quantitative estimate of drug-likeness (QED) is 0.724. The summed E-state index contributed by atoms with van der Waals surface area (Å²) >= 11 is 0. The molecule has 3 N–H and O–H groups in total. The van der Waals surface area contributed by atoms with Crippen molar-refractivity contribution < 1.29 is 23.4 Å². The summed E-state index contributed by atoms with van der Waals surface area (Å²) in [6.07, 6.45) is 2.59. The second-order valence-corrected chi connectivity index (χ2v) is 5.11. The van der Waals surface area contributed by atoms with E-state index in [1.165, 1.54) is 18.3 Å². The monoisotopic (exact) mass is 339 g/mol. The van der Waals surface area contributed by atoms with Crippen LogP contribution in [-0.4, -0.2) is 35.4 Å². The predicted molar refractivity (Wildman–Crippen MR) is 86.3 cm³/mol. The Hall–Kier alpha value is -2.48. The maximum atomic E-state index is 12.5. The highest BCUT2D eigenvalue weighted by atomic mass is 19.3. The minimum atomic E-state index is -2.96. The van der Waals surface area contributed by atoms with Crippen LogP contribution in [0, 0.1) is 0 Å². The first-order valence-corrected chi connectivity index (χ1v) is 7.56. The van der Waals surface area contributed by atoms with Gasteiger partial charge in [-0.05, 0) is 37.1 Å². The lowest BCUT2D eigenvalue weighted by Crippen LogP contribution is -2.38. The van der Waals surface area contributed by atoms with E-state index in [2.05, 4.69) is 20.4 Å². The second kappa shape index (κ2) is 8.39. The number of aliphatic hydroxyl groups excluding tert-OH is 1. The van der Waals surface area contributed by atoms with Crippen LogP contribution in [0.4, 0.5) is 19.3 Å². The molecule has 0 radical (unpaired) electrons. The fourth-order valence-corrected chi connectivity index (χ4v) is 2.32. The van der Waals surface area contributed by atoms with Gasteiger partial charge in [0.25, 0.3) is 0 Å². The third-order valence-corrected chi connectivity index (χ3v) is 3.50. The number of hydrogen-bond acceptors (Lipinski definition) is 4. The Balaban J connectivity index is 2.22. The second-order valence-electron chi connectivity index (χ2n) is 5.11. The van der Waals surface area contributed by atoms with Gasteiger partial charge in [-0.25, -0.2) is 4.79 Å². The van der Waals surface area contributed by atoms with Crippen molar-refractivity contribution in [1.29, 1.82) is 0 Å². The Morgan fingerprint density at radius 2 is 2.17 bits per heavy atom.